The van der Waals surface area contributed by atoms with Gasteiger partial charge in [0.05, 0.1) is 18.9 Å². The number of aryl methyl sites for hydroxylation is 2. The second kappa shape index (κ2) is 8.25. The standard InChI is InChI=1S/C22H26N2O3/c1-14-7-8-17(11-15(14)2)24-22(26)20-13-19(20)21(25)23-10-9-16-5-4-6-18(12-16)27-3/h4-8,11-12,19-20H,9-10,13H2,1-3H3,(H,23,25)(H,24,26). The molecular formula is C22H26N2O3. The first kappa shape index (κ1) is 19.0. The van der Waals surface area contributed by atoms with E-state index < -0.39 is 0 Å². The Bertz CT molecular complexity index is 847. The number of ether oxygens (including phenoxy) is 1. The van der Waals surface area contributed by atoms with Crippen molar-refractivity contribution >= 4 is 17.5 Å². The summed E-state index contributed by atoms with van der Waals surface area (Å²) in [6.45, 7) is 4.60. The molecule has 2 aromatic carbocycles. The van der Waals surface area contributed by atoms with Gasteiger partial charge in [-0.1, -0.05) is 18.2 Å². The Morgan fingerprint density at radius 1 is 1.04 bits per heavy atom. The van der Waals surface area contributed by atoms with Crippen molar-refractivity contribution in [1.29, 1.82) is 0 Å². The zero-order valence-electron chi connectivity index (χ0n) is 16.0. The van der Waals surface area contributed by atoms with Gasteiger partial charge in [-0.2, -0.15) is 0 Å². The molecule has 1 saturated carbocycles. The second-order valence-corrected chi connectivity index (χ2v) is 7.13. The normalized spacial score (nSPS) is 17.9. The van der Waals surface area contributed by atoms with E-state index in [1.54, 1.807) is 7.11 Å². The van der Waals surface area contributed by atoms with E-state index in [1.807, 2.05) is 56.3 Å². The molecule has 2 aromatic rings. The van der Waals surface area contributed by atoms with E-state index in [4.69, 9.17) is 4.74 Å². The Labute approximate surface area is 160 Å². The van der Waals surface area contributed by atoms with Crippen molar-refractivity contribution < 1.29 is 14.3 Å². The molecule has 142 valence electrons. The molecule has 2 unspecified atom stereocenters. The summed E-state index contributed by atoms with van der Waals surface area (Å²) in [5.41, 5.74) is 4.21. The van der Waals surface area contributed by atoms with Crippen LogP contribution < -0.4 is 15.4 Å². The Morgan fingerprint density at radius 3 is 2.56 bits per heavy atom. The van der Waals surface area contributed by atoms with Crippen molar-refractivity contribution in [2.75, 3.05) is 19.0 Å². The van der Waals surface area contributed by atoms with E-state index in [1.165, 1.54) is 5.56 Å². The summed E-state index contributed by atoms with van der Waals surface area (Å²) >= 11 is 0. The predicted molar refractivity (Wildman–Crippen MR) is 106 cm³/mol. The maximum atomic E-state index is 12.3. The largest absolute Gasteiger partial charge is 0.497 e. The van der Waals surface area contributed by atoms with Gasteiger partial charge >= 0.3 is 0 Å². The highest BCUT2D eigenvalue weighted by atomic mass is 16.5. The van der Waals surface area contributed by atoms with Crippen LogP contribution in [0.1, 0.15) is 23.1 Å². The SMILES string of the molecule is COc1cccc(CCNC(=O)C2CC2C(=O)Nc2ccc(C)c(C)c2)c1. The van der Waals surface area contributed by atoms with E-state index in [2.05, 4.69) is 10.6 Å². The fraction of sp³-hybridized carbons (Fsp3) is 0.364. The van der Waals surface area contributed by atoms with E-state index in [9.17, 15) is 9.59 Å². The summed E-state index contributed by atoms with van der Waals surface area (Å²) in [6.07, 6.45) is 1.34. The van der Waals surface area contributed by atoms with Crippen LogP contribution >= 0.6 is 0 Å². The highest BCUT2D eigenvalue weighted by Crippen LogP contribution is 2.39. The van der Waals surface area contributed by atoms with Crippen LogP contribution in [0.3, 0.4) is 0 Å². The lowest BCUT2D eigenvalue weighted by molar-refractivity contribution is -0.125. The van der Waals surface area contributed by atoms with Gasteiger partial charge in [-0.15, -0.1) is 0 Å². The molecule has 0 spiro atoms. The number of methoxy groups -OCH3 is 1. The molecule has 1 fully saturated rings. The minimum atomic E-state index is -0.233. The van der Waals surface area contributed by atoms with Crippen LogP contribution in [0.4, 0.5) is 5.69 Å². The Morgan fingerprint density at radius 2 is 1.81 bits per heavy atom. The number of carbonyl (C=O) groups excluding carboxylic acids is 2. The molecule has 2 amide bonds. The highest BCUT2D eigenvalue weighted by molar-refractivity contribution is 5.99. The van der Waals surface area contributed by atoms with Crippen molar-refractivity contribution in [2.24, 2.45) is 11.8 Å². The van der Waals surface area contributed by atoms with E-state index in [-0.39, 0.29) is 23.7 Å². The van der Waals surface area contributed by atoms with Gasteiger partial charge < -0.3 is 15.4 Å². The summed E-state index contributed by atoms with van der Waals surface area (Å²) in [6, 6.07) is 13.6. The maximum absolute atomic E-state index is 12.3. The third kappa shape index (κ3) is 4.88. The number of anilines is 1. The van der Waals surface area contributed by atoms with Crippen molar-refractivity contribution in [2.45, 2.75) is 26.7 Å². The highest BCUT2D eigenvalue weighted by Gasteiger charge is 2.47. The summed E-state index contributed by atoms with van der Waals surface area (Å²) in [7, 11) is 1.64. The number of nitrogens with one attached hydrogen (secondary N) is 2. The first-order valence-electron chi connectivity index (χ1n) is 9.26. The quantitative estimate of drug-likeness (QED) is 0.790. The lowest BCUT2D eigenvalue weighted by atomic mass is 10.1. The smallest absolute Gasteiger partial charge is 0.228 e. The van der Waals surface area contributed by atoms with Crippen molar-refractivity contribution in [3.8, 4) is 5.75 Å². The summed E-state index contributed by atoms with van der Waals surface area (Å²) < 4.78 is 5.20. The fourth-order valence-corrected chi connectivity index (χ4v) is 3.12. The molecule has 1 aliphatic rings. The average Bonchev–Trinajstić information content (AvgIpc) is 3.46. The van der Waals surface area contributed by atoms with Crippen LogP contribution in [-0.2, 0) is 16.0 Å². The number of carbonyl (C=O) groups is 2. The zero-order chi connectivity index (χ0) is 19.4. The number of benzene rings is 2. The van der Waals surface area contributed by atoms with Gasteiger partial charge in [0.1, 0.15) is 5.75 Å². The first-order chi connectivity index (χ1) is 13.0. The lowest BCUT2D eigenvalue weighted by Gasteiger charge is -2.08. The third-order valence-electron chi connectivity index (χ3n) is 5.09. The minimum absolute atomic E-state index is 0.0434. The van der Waals surface area contributed by atoms with Crippen molar-refractivity contribution in [3.05, 3.63) is 59.2 Å². The summed E-state index contributed by atoms with van der Waals surface area (Å²) in [5, 5.41) is 5.85. The molecule has 0 bridgehead atoms. The molecule has 2 N–H and O–H groups in total. The number of hydrogen-bond acceptors (Lipinski definition) is 3. The molecule has 0 aromatic heterocycles. The van der Waals surface area contributed by atoms with Gasteiger partial charge in [-0.05, 0) is 67.6 Å². The molecule has 0 saturated heterocycles. The fourth-order valence-electron chi connectivity index (χ4n) is 3.12. The predicted octanol–water partition coefficient (Wildman–Crippen LogP) is 3.25. The maximum Gasteiger partial charge on any atom is 0.228 e. The van der Waals surface area contributed by atoms with Gasteiger partial charge in [-0.25, -0.2) is 0 Å². The Hall–Kier alpha value is -2.82. The molecule has 2 atom stereocenters. The van der Waals surface area contributed by atoms with Crippen LogP contribution in [0.2, 0.25) is 0 Å². The Kier molecular flexibility index (Phi) is 5.79. The molecule has 27 heavy (non-hydrogen) atoms. The number of hydrogen-bond donors (Lipinski definition) is 2. The van der Waals surface area contributed by atoms with Gasteiger partial charge in [0.15, 0.2) is 0 Å². The van der Waals surface area contributed by atoms with Gasteiger partial charge in [0.25, 0.3) is 0 Å². The van der Waals surface area contributed by atoms with Crippen LogP contribution in [-0.4, -0.2) is 25.5 Å². The number of amides is 2. The molecule has 0 heterocycles. The van der Waals surface area contributed by atoms with Crippen LogP contribution in [0.5, 0.6) is 5.75 Å². The third-order valence-corrected chi connectivity index (χ3v) is 5.09. The monoisotopic (exact) mass is 366 g/mol. The molecule has 5 nitrogen and oxygen atoms in total. The first-order valence-corrected chi connectivity index (χ1v) is 9.26. The minimum Gasteiger partial charge on any atom is -0.497 e. The van der Waals surface area contributed by atoms with E-state index >= 15 is 0 Å². The average molecular weight is 366 g/mol. The van der Waals surface area contributed by atoms with E-state index in [0.29, 0.717) is 13.0 Å². The van der Waals surface area contributed by atoms with Crippen molar-refractivity contribution in [1.82, 2.24) is 5.32 Å². The van der Waals surface area contributed by atoms with Crippen LogP contribution in [0, 0.1) is 25.7 Å². The number of rotatable bonds is 7. The Balaban J connectivity index is 1.44. The van der Waals surface area contributed by atoms with Crippen LogP contribution in [0.25, 0.3) is 0 Å². The molecule has 0 radical (unpaired) electrons. The molecule has 3 rings (SSSR count). The van der Waals surface area contributed by atoms with Gasteiger partial charge in [-0.3, -0.25) is 9.59 Å². The van der Waals surface area contributed by atoms with Crippen LogP contribution in [0.15, 0.2) is 42.5 Å². The summed E-state index contributed by atoms with van der Waals surface area (Å²) in [4.78, 5) is 24.6. The van der Waals surface area contributed by atoms with Gasteiger partial charge in [0.2, 0.25) is 11.8 Å². The van der Waals surface area contributed by atoms with E-state index in [0.717, 1.165) is 29.0 Å². The zero-order valence-corrected chi connectivity index (χ0v) is 16.0. The lowest BCUT2D eigenvalue weighted by Crippen LogP contribution is -2.29. The molecule has 5 heteroatoms. The summed E-state index contributed by atoms with van der Waals surface area (Å²) in [5.74, 6) is 0.235. The molecule has 1 aliphatic carbocycles. The second-order valence-electron chi connectivity index (χ2n) is 7.13. The topological polar surface area (TPSA) is 67.4 Å². The molecular weight excluding hydrogens is 340 g/mol. The van der Waals surface area contributed by atoms with Crippen molar-refractivity contribution in [3.63, 3.8) is 0 Å². The molecule has 0 aliphatic heterocycles. The van der Waals surface area contributed by atoms with Gasteiger partial charge in [0, 0.05) is 12.2 Å².